The lowest BCUT2D eigenvalue weighted by atomic mass is 9.86. The number of nitrogens with two attached hydrogens (primary N) is 2. The van der Waals surface area contributed by atoms with E-state index >= 15 is 0 Å². The van der Waals surface area contributed by atoms with Crippen LogP contribution in [0, 0.1) is 0 Å². The van der Waals surface area contributed by atoms with Crippen LogP contribution >= 0.6 is 0 Å². The van der Waals surface area contributed by atoms with Gasteiger partial charge in [0.15, 0.2) is 0 Å². The standard InChI is InChI=1S/C23H32N8/c1-14-19(11-16-13-30(2)29-22(16)27-14)20-12-26-23(31-9-7-18(25)8-10-31)28-21(20)15-3-5-17(24)6-4-15/h3,5-6,11-15,18,22,27,29H,4,7-10,24-25H2,1-2H3. The van der Waals surface area contributed by atoms with Gasteiger partial charge in [-0.1, -0.05) is 12.2 Å². The molecule has 0 radical (unpaired) electrons. The maximum Gasteiger partial charge on any atom is 0.225 e. The van der Waals surface area contributed by atoms with Crippen molar-refractivity contribution in [3.05, 3.63) is 59.2 Å². The number of hydrogen-bond donors (Lipinski definition) is 4. The second kappa shape index (κ2) is 8.11. The van der Waals surface area contributed by atoms with Gasteiger partial charge in [0.05, 0.1) is 5.69 Å². The zero-order valence-electron chi connectivity index (χ0n) is 18.3. The number of anilines is 1. The molecule has 1 aromatic rings. The van der Waals surface area contributed by atoms with Crippen LogP contribution in [0.1, 0.15) is 43.4 Å². The molecule has 0 bridgehead atoms. The predicted octanol–water partition coefficient (Wildman–Crippen LogP) is 1.33. The highest BCUT2D eigenvalue weighted by atomic mass is 15.5. The van der Waals surface area contributed by atoms with Gasteiger partial charge in [0.25, 0.3) is 0 Å². The molecule has 164 valence electrons. The molecule has 1 saturated heterocycles. The van der Waals surface area contributed by atoms with E-state index in [1.165, 1.54) is 11.1 Å². The number of rotatable bonds is 3. The molecular formula is C23H32N8. The van der Waals surface area contributed by atoms with Crippen molar-refractivity contribution in [2.45, 2.75) is 50.4 Å². The van der Waals surface area contributed by atoms with Crippen LogP contribution in [-0.2, 0) is 0 Å². The summed E-state index contributed by atoms with van der Waals surface area (Å²) in [6, 6.07) is 0.457. The molecule has 0 spiro atoms. The maximum absolute atomic E-state index is 6.10. The molecule has 1 aromatic heterocycles. The van der Waals surface area contributed by atoms with Gasteiger partial charge in [-0.2, -0.15) is 0 Å². The topological polar surface area (TPSA) is 108 Å². The van der Waals surface area contributed by atoms with Gasteiger partial charge >= 0.3 is 0 Å². The van der Waals surface area contributed by atoms with Gasteiger partial charge in [0.1, 0.15) is 6.17 Å². The van der Waals surface area contributed by atoms with Crippen molar-refractivity contribution < 1.29 is 0 Å². The summed E-state index contributed by atoms with van der Waals surface area (Å²) < 4.78 is 0. The second-order valence-corrected chi connectivity index (χ2v) is 8.99. The zero-order valence-corrected chi connectivity index (χ0v) is 18.3. The van der Waals surface area contributed by atoms with Gasteiger partial charge in [0, 0.05) is 67.4 Å². The highest BCUT2D eigenvalue weighted by Crippen LogP contribution is 2.35. The van der Waals surface area contributed by atoms with Crippen LogP contribution in [0.25, 0.3) is 5.57 Å². The number of nitrogens with one attached hydrogen (secondary N) is 2. The number of hydrogen-bond acceptors (Lipinski definition) is 8. The fourth-order valence-electron chi connectivity index (χ4n) is 4.80. The average molecular weight is 421 g/mol. The Kier molecular flexibility index (Phi) is 5.29. The lowest BCUT2D eigenvalue weighted by Crippen LogP contribution is -2.49. The minimum atomic E-state index is 0.141. The number of piperidine rings is 1. The molecule has 5 rings (SSSR count). The Morgan fingerprint density at radius 3 is 2.77 bits per heavy atom. The fourth-order valence-corrected chi connectivity index (χ4v) is 4.80. The van der Waals surface area contributed by atoms with Crippen LogP contribution in [0.5, 0.6) is 0 Å². The van der Waals surface area contributed by atoms with Crippen LogP contribution < -0.4 is 27.1 Å². The van der Waals surface area contributed by atoms with E-state index in [-0.39, 0.29) is 24.2 Å². The second-order valence-electron chi connectivity index (χ2n) is 8.99. The maximum atomic E-state index is 6.10. The SMILES string of the molecule is CC1NC2NN(C)C=C2C=C1c1cnc(N2CCC(N)CC2)nc1C1C=CC(N)=CC1. The number of allylic oxidation sites excluding steroid dienone is 3. The number of fused-ring (bicyclic) bond motifs is 1. The van der Waals surface area contributed by atoms with E-state index in [9.17, 15) is 0 Å². The van der Waals surface area contributed by atoms with E-state index in [0.717, 1.165) is 55.3 Å². The lowest BCUT2D eigenvalue weighted by molar-refractivity contribution is 0.297. The third-order valence-electron chi connectivity index (χ3n) is 6.63. The molecule has 0 amide bonds. The van der Waals surface area contributed by atoms with E-state index in [2.05, 4.69) is 47.0 Å². The first-order valence-corrected chi connectivity index (χ1v) is 11.2. The summed E-state index contributed by atoms with van der Waals surface area (Å²) in [5, 5.41) is 5.66. The van der Waals surface area contributed by atoms with Crippen LogP contribution in [0.4, 0.5) is 5.95 Å². The smallest absolute Gasteiger partial charge is 0.225 e. The van der Waals surface area contributed by atoms with E-state index < -0.39 is 0 Å². The molecule has 8 nitrogen and oxygen atoms in total. The molecule has 3 atom stereocenters. The van der Waals surface area contributed by atoms with Crippen LogP contribution in [0.3, 0.4) is 0 Å². The Bertz CT molecular complexity index is 970. The normalized spacial score (nSPS) is 28.9. The zero-order chi connectivity index (χ0) is 21.5. The van der Waals surface area contributed by atoms with E-state index in [1.807, 2.05) is 24.3 Å². The van der Waals surface area contributed by atoms with Crippen molar-refractivity contribution in [2.75, 3.05) is 25.0 Å². The molecule has 0 aromatic carbocycles. The van der Waals surface area contributed by atoms with Crippen molar-refractivity contribution in [1.82, 2.24) is 25.7 Å². The number of nitrogens with zero attached hydrogens (tertiary/aromatic N) is 4. The highest BCUT2D eigenvalue weighted by molar-refractivity contribution is 5.75. The van der Waals surface area contributed by atoms with Gasteiger partial charge in [-0.3, -0.25) is 5.32 Å². The first kappa shape index (κ1) is 20.2. The Balaban J connectivity index is 1.54. The molecule has 3 unspecified atom stereocenters. The van der Waals surface area contributed by atoms with Crippen molar-refractivity contribution in [1.29, 1.82) is 0 Å². The quantitative estimate of drug-likeness (QED) is 0.580. The van der Waals surface area contributed by atoms with Crippen LogP contribution in [0.15, 0.2) is 48.0 Å². The van der Waals surface area contributed by atoms with Gasteiger partial charge < -0.3 is 21.4 Å². The average Bonchev–Trinajstić information content (AvgIpc) is 3.13. The van der Waals surface area contributed by atoms with Gasteiger partial charge in [0.2, 0.25) is 5.95 Å². The first-order valence-electron chi connectivity index (χ1n) is 11.2. The molecule has 4 heterocycles. The van der Waals surface area contributed by atoms with E-state index in [1.54, 1.807) is 0 Å². The molecule has 1 fully saturated rings. The summed E-state index contributed by atoms with van der Waals surface area (Å²) in [4.78, 5) is 12.2. The summed E-state index contributed by atoms with van der Waals surface area (Å²) in [6.45, 7) is 4.00. The molecule has 3 aliphatic heterocycles. The van der Waals surface area contributed by atoms with Gasteiger partial charge in [-0.25, -0.2) is 15.4 Å². The summed E-state index contributed by atoms with van der Waals surface area (Å²) >= 11 is 0. The Labute approximate surface area is 183 Å². The third kappa shape index (κ3) is 3.98. The summed E-state index contributed by atoms with van der Waals surface area (Å²) in [5.74, 6) is 0.984. The highest BCUT2D eigenvalue weighted by Gasteiger charge is 2.31. The summed E-state index contributed by atoms with van der Waals surface area (Å²) in [5.41, 5.74) is 20.9. The Morgan fingerprint density at radius 1 is 1.23 bits per heavy atom. The number of aromatic nitrogens is 2. The fraction of sp³-hybridized carbons (Fsp3) is 0.478. The third-order valence-corrected chi connectivity index (χ3v) is 6.63. The van der Waals surface area contributed by atoms with Crippen molar-refractivity contribution >= 4 is 11.5 Å². The summed E-state index contributed by atoms with van der Waals surface area (Å²) in [6.07, 6.45) is 15.6. The van der Waals surface area contributed by atoms with Gasteiger partial charge in [-0.15, -0.1) is 0 Å². The largest absolute Gasteiger partial charge is 0.399 e. The van der Waals surface area contributed by atoms with E-state index in [0.29, 0.717) is 0 Å². The van der Waals surface area contributed by atoms with Gasteiger partial charge in [-0.05, 0) is 43.9 Å². The minimum Gasteiger partial charge on any atom is -0.399 e. The van der Waals surface area contributed by atoms with Crippen molar-refractivity contribution in [3.8, 4) is 0 Å². The summed E-state index contributed by atoms with van der Waals surface area (Å²) in [7, 11) is 2.02. The predicted molar refractivity (Wildman–Crippen MR) is 124 cm³/mol. The molecular weight excluding hydrogens is 388 g/mol. The molecule has 4 aliphatic rings. The molecule has 1 aliphatic carbocycles. The van der Waals surface area contributed by atoms with Crippen LogP contribution in [0.2, 0.25) is 0 Å². The lowest BCUT2D eigenvalue weighted by Gasteiger charge is -2.33. The molecule has 6 N–H and O–H groups in total. The van der Waals surface area contributed by atoms with Crippen LogP contribution in [-0.4, -0.2) is 53.4 Å². The van der Waals surface area contributed by atoms with E-state index in [4.69, 9.17) is 21.4 Å². The Morgan fingerprint density at radius 2 is 2.03 bits per heavy atom. The minimum absolute atomic E-state index is 0.141. The van der Waals surface area contributed by atoms with Crippen molar-refractivity contribution in [2.24, 2.45) is 11.5 Å². The Hall–Kier alpha value is -2.68. The van der Waals surface area contributed by atoms with Crippen molar-refractivity contribution in [3.63, 3.8) is 0 Å². The first-order chi connectivity index (χ1) is 15.0. The monoisotopic (exact) mass is 420 g/mol. The molecule has 8 heteroatoms. The molecule has 0 saturated carbocycles. The number of hydrazine groups is 1. The molecule has 31 heavy (non-hydrogen) atoms.